The number of nitrogens with zero attached hydrogens (tertiary/aromatic N) is 1. The summed E-state index contributed by atoms with van der Waals surface area (Å²) in [6, 6.07) is 6.38. The quantitative estimate of drug-likeness (QED) is 0.856. The number of amides is 1. The van der Waals surface area contributed by atoms with Gasteiger partial charge in [-0.3, -0.25) is 0 Å². The maximum atomic E-state index is 12.9. The van der Waals surface area contributed by atoms with Crippen LogP contribution in [0.3, 0.4) is 0 Å². The molecule has 0 saturated carbocycles. The second-order valence-electron chi connectivity index (χ2n) is 4.07. The van der Waals surface area contributed by atoms with Crippen molar-refractivity contribution in [3.05, 3.63) is 35.6 Å². The molecule has 0 spiro atoms. The first-order chi connectivity index (χ1) is 8.19. The van der Waals surface area contributed by atoms with Gasteiger partial charge >= 0.3 is 6.09 Å². The molecule has 0 bridgehead atoms. The summed E-state index contributed by atoms with van der Waals surface area (Å²) in [6.07, 6.45) is 0.0660. The van der Waals surface area contributed by atoms with E-state index >= 15 is 0 Å². The van der Waals surface area contributed by atoms with Gasteiger partial charge in [-0.2, -0.15) is 0 Å². The lowest BCUT2D eigenvalue weighted by Gasteiger charge is -2.12. The Morgan fingerprint density at radius 3 is 3.00 bits per heavy atom. The SMILES string of the molecule is NCC1CN(CCc2cccc(F)c2)C(=O)O1. The van der Waals surface area contributed by atoms with E-state index in [1.807, 2.05) is 6.07 Å². The average molecular weight is 238 g/mol. The van der Waals surface area contributed by atoms with Gasteiger partial charge in [0.2, 0.25) is 0 Å². The molecule has 4 nitrogen and oxygen atoms in total. The van der Waals surface area contributed by atoms with Crippen molar-refractivity contribution in [2.45, 2.75) is 12.5 Å². The lowest BCUT2D eigenvalue weighted by Crippen LogP contribution is -2.29. The van der Waals surface area contributed by atoms with Gasteiger partial charge in [-0.1, -0.05) is 12.1 Å². The van der Waals surface area contributed by atoms with Gasteiger partial charge in [0.1, 0.15) is 11.9 Å². The van der Waals surface area contributed by atoms with Gasteiger partial charge in [-0.25, -0.2) is 9.18 Å². The van der Waals surface area contributed by atoms with Crippen LogP contribution in [0, 0.1) is 5.82 Å². The molecule has 92 valence electrons. The molecule has 17 heavy (non-hydrogen) atoms. The fraction of sp³-hybridized carbons (Fsp3) is 0.417. The molecule has 1 aliphatic heterocycles. The molecule has 5 heteroatoms. The van der Waals surface area contributed by atoms with Crippen molar-refractivity contribution >= 4 is 6.09 Å². The Balaban J connectivity index is 1.88. The first-order valence-electron chi connectivity index (χ1n) is 5.59. The minimum absolute atomic E-state index is 0.213. The molecule has 2 rings (SSSR count). The highest BCUT2D eigenvalue weighted by atomic mass is 19.1. The van der Waals surface area contributed by atoms with Crippen LogP contribution in [0.1, 0.15) is 5.56 Å². The molecule has 1 aromatic carbocycles. The van der Waals surface area contributed by atoms with Crippen molar-refractivity contribution in [3.8, 4) is 0 Å². The second kappa shape index (κ2) is 5.14. The van der Waals surface area contributed by atoms with Crippen LogP contribution in [0.25, 0.3) is 0 Å². The van der Waals surface area contributed by atoms with Gasteiger partial charge in [0.25, 0.3) is 0 Å². The van der Waals surface area contributed by atoms with Crippen LogP contribution in [0.4, 0.5) is 9.18 Å². The number of nitrogens with two attached hydrogens (primary N) is 1. The Morgan fingerprint density at radius 2 is 2.35 bits per heavy atom. The molecule has 1 aromatic rings. The second-order valence-corrected chi connectivity index (χ2v) is 4.07. The zero-order chi connectivity index (χ0) is 12.3. The molecule has 1 heterocycles. The van der Waals surface area contributed by atoms with Crippen molar-refractivity contribution in [2.24, 2.45) is 5.73 Å². The van der Waals surface area contributed by atoms with Crippen molar-refractivity contribution in [3.63, 3.8) is 0 Å². The van der Waals surface area contributed by atoms with Crippen LogP contribution < -0.4 is 5.73 Å². The fourth-order valence-corrected chi connectivity index (χ4v) is 1.84. The summed E-state index contributed by atoms with van der Waals surface area (Å²) in [5.74, 6) is -0.258. The third-order valence-electron chi connectivity index (χ3n) is 2.77. The summed E-state index contributed by atoms with van der Waals surface area (Å²) < 4.78 is 18.0. The number of rotatable bonds is 4. The molecule has 1 atom stereocenters. The summed E-state index contributed by atoms with van der Waals surface area (Å²) in [6.45, 7) is 1.38. The van der Waals surface area contributed by atoms with Crippen molar-refractivity contribution < 1.29 is 13.9 Å². The number of cyclic esters (lactones) is 1. The van der Waals surface area contributed by atoms with Crippen LogP contribution in [-0.2, 0) is 11.2 Å². The Morgan fingerprint density at radius 1 is 1.53 bits per heavy atom. The normalized spacial score (nSPS) is 19.5. The van der Waals surface area contributed by atoms with Gasteiger partial charge in [0.15, 0.2) is 0 Å². The zero-order valence-electron chi connectivity index (χ0n) is 9.43. The van der Waals surface area contributed by atoms with E-state index in [1.165, 1.54) is 12.1 Å². The van der Waals surface area contributed by atoms with Gasteiger partial charge in [-0.05, 0) is 24.1 Å². The van der Waals surface area contributed by atoms with E-state index in [-0.39, 0.29) is 18.0 Å². The third kappa shape index (κ3) is 2.94. The fourth-order valence-electron chi connectivity index (χ4n) is 1.84. The Hall–Kier alpha value is -1.62. The van der Waals surface area contributed by atoms with Crippen molar-refractivity contribution in [1.29, 1.82) is 0 Å². The van der Waals surface area contributed by atoms with E-state index in [0.717, 1.165) is 5.56 Å². The monoisotopic (exact) mass is 238 g/mol. The van der Waals surface area contributed by atoms with E-state index in [1.54, 1.807) is 11.0 Å². The maximum absolute atomic E-state index is 12.9. The Kier molecular flexibility index (Phi) is 3.58. The van der Waals surface area contributed by atoms with Crippen LogP contribution in [-0.4, -0.2) is 36.7 Å². The van der Waals surface area contributed by atoms with Crippen LogP contribution in [0.5, 0.6) is 0 Å². The largest absolute Gasteiger partial charge is 0.443 e. The highest BCUT2D eigenvalue weighted by molar-refractivity contribution is 5.69. The number of hydrogen-bond acceptors (Lipinski definition) is 3. The molecule has 1 saturated heterocycles. The van der Waals surface area contributed by atoms with E-state index in [0.29, 0.717) is 26.1 Å². The summed E-state index contributed by atoms with van der Waals surface area (Å²) >= 11 is 0. The minimum atomic E-state index is -0.336. The minimum Gasteiger partial charge on any atom is -0.443 e. The lowest BCUT2D eigenvalue weighted by molar-refractivity contribution is 0.135. The number of hydrogen-bond donors (Lipinski definition) is 1. The van der Waals surface area contributed by atoms with Crippen LogP contribution in [0.2, 0.25) is 0 Å². The number of carbonyl (C=O) groups is 1. The van der Waals surface area contributed by atoms with Crippen LogP contribution in [0.15, 0.2) is 24.3 Å². The van der Waals surface area contributed by atoms with Gasteiger partial charge in [0.05, 0.1) is 6.54 Å². The molecule has 2 N–H and O–H groups in total. The highest BCUT2D eigenvalue weighted by Crippen LogP contribution is 2.12. The molecule has 1 aliphatic rings. The Labute approximate surface area is 99.2 Å². The summed E-state index contributed by atoms with van der Waals surface area (Å²) in [5.41, 5.74) is 6.30. The number of carbonyl (C=O) groups excluding carboxylic acids is 1. The topological polar surface area (TPSA) is 55.6 Å². The van der Waals surface area contributed by atoms with E-state index in [4.69, 9.17) is 10.5 Å². The molecule has 0 aromatic heterocycles. The first-order valence-corrected chi connectivity index (χ1v) is 5.59. The standard InChI is InChI=1S/C12H15FN2O2/c13-10-3-1-2-9(6-10)4-5-15-8-11(7-14)17-12(15)16/h1-3,6,11H,4-5,7-8,14H2. The zero-order valence-corrected chi connectivity index (χ0v) is 9.43. The predicted molar refractivity (Wildman–Crippen MR) is 61.0 cm³/mol. The molecule has 1 unspecified atom stereocenters. The maximum Gasteiger partial charge on any atom is 0.410 e. The number of benzene rings is 1. The van der Waals surface area contributed by atoms with Crippen molar-refractivity contribution in [2.75, 3.05) is 19.6 Å². The highest BCUT2D eigenvalue weighted by Gasteiger charge is 2.29. The molecule has 1 fully saturated rings. The van der Waals surface area contributed by atoms with E-state index in [2.05, 4.69) is 0 Å². The summed E-state index contributed by atoms with van der Waals surface area (Å²) in [5, 5.41) is 0. The molecule has 1 amide bonds. The molecular formula is C12H15FN2O2. The number of halogens is 1. The summed E-state index contributed by atoms with van der Waals surface area (Å²) in [7, 11) is 0. The molecule has 0 radical (unpaired) electrons. The van der Waals surface area contributed by atoms with Gasteiger partial charge < -0.3 is 15.4 Å². The van der Waals surface area contributed by atoms with E-state index < -0.39 is 0 Å². The van der Waals surface area contributed by atoms with E-state index in [9.17, 15) is 9.18 Å². The molecule has 0 aliphatic carbocycles. The summed E-state index contributed by atoms with van der Waals surface area (Å²) in [4.78, 5) is 13.0. The smallest absolute Gasteiger partial charge is 0.410 e. The van der Waals surface area contributed by atoms with Gasteiger partial charge in [0, 0.05) is 13.1 Å². The average Bonchev–Trinajstić information content (AvgIpc) is 2.68. The Bertz CT molecular complexity index is 411. The molecular weight excluding hydrogens is 223 g/mol. The number of ether oxygens (including phenoxy) is 1. The van der Waals surface area contributed by atoms with Crippen molar-refractivity contribution in [1.82, 2.24) is 4.90 Å². The predicted octanol–water partition coefficient (Wildman–Crippen LogP) is 1.15. The lowest BCUT2D eigenvalue weighted by atomic mass is 10.1. The third-order valence-corrected chi connectivity index (χ3v) is 2.77. The van der Waals surface area contributed by atoms with Gasteiger partial charge in [-0.15, -0.1) is 0 Å². The van der Waals surface area contributed by atoms with Crippen LogP contribution >= 0.6 is 0 Å². The first kappa shape index (κ1) is 11.9.